The smallest absolute Gasteiger partial charge is 0.405 e. The summed E-state index contributed by atoms with van der Waals surface area (Å²) in [6, 6.07) is 26.2. The van der Waals surface area contributed by atoms with Crippen LogP contribution in [0, 0.1) is 5.92 Å². The van der Waals surface area contributed by atoms with E-state index in [1.807, 2.05) is 35.5 Å². The maximum atomic E-state index is 14.2. The molecule has 3 aromatic carbocycles. The standard InChI is InChI=1S/C44H50N8O4/c1-3-50(4-2)38(32-10-6-5-7-11-32)42(53)51-24-8-12-36(51)40-46-26-34(48-40)30-18-14-28(15-19-30)29-16-20-31(21-17-29)35-27-47-41(49-35)37-13-9-25-52(37)43(54)39(33-22-23-33)56-44(45)55/h5-7,10-11,14-21,26-27,33,36-39H,3-4,8-9,12-13,22-25H2,1-2H3,(H2,45,55)(H,46,48)(H,47,49)/t36-,37-,38+,39+/m0/s1. The summed E-state index contributed by atoms with van der Waals surface area (Å²) in [7, 11) is 0. The number of nitrogens with zero attached hydrogens (tertiary/aromatic N) is 5. The Morgan fingerprint density at radius 2 is 1.20 bits per heavy atom. The fraction of sp³-hybridized carbons (Fsp3) is 0.386. The molecule has 1 saturated carbocycles. The van der Waals surface area contributed by atoms with Crippen molar-refractivity contribution < 1.29 is 19.1 Å². The number of carbonyl (C=O) groups is 3. The maximum Gasteiger partial charge on any atom is 0.405 e. The molecule has 0 spiro atoms. The summed E-state index contributed by atoms with van der Waals surface area (Å²) in [6.45, 7) is 7.11. The number of carbonyl (C=O) groups excluding carboxylic acids is 3. The minimum Gasteiger partial charge on any atom is -0.436 e. The molecule has 4 atom stereocenters. The molecular formula is C44H50N8O4. The van der Waals surface area contributed by atoms with Gasteiger partial charge in [0.1, 0.15) is 17.7 Å². The number of aromatic nitrogens is 4. The van der Waals surface area contributed by atoms with E-state index in [1.54, 1.807) is 4.90 Å². The molecule has 290 valence electrons. The Morgan fingerprint density at radius 3 is 1.66 bits per heavy atom. The number of likely N-dealkylation sites (N-methyl/N-ethyl adjacent to an activating group) is 1. The van der Waals surface area contributed by atoms with E-state index in [-0.39, 0.29) is 35.9 Å². The lowest BCUT2D eigenvalue weighted by atomic mass is 10.0. The minimum atomic E-state index is -0.914. The van der Waals surface area contributed by atoms with Crippen LogP contribution in [0.25, 0.3) is 33.6 Å². The van der Waals surface area contributed by atoms with E-state index in [0.717, 1.165) is 109 Å². The number of benzene rings is 3. The molecule has 3 fully saturated rings. The minimum absolute atomic E-state index is 0.0412. The molecule has 0 bridgehead atoms. The van der Waals surface area contributed by atoms with E-state index < -0.39 is 12.2 Å². The molecule has 0 unspecified atom stereocenters. The third-order valence-electron chi connectivity index (χ3n) is 11.7. The molecule has 4 heterocycles. The number of nitrogens with two attached hydrogens (primary N) is 1. The van der Waals surface area contributed by atoms with Crippen LogP contribution in [0.15, 0.2) is 91.3 Å². The summed E-state index contributed by atoms with van der Waals surface area (Å²) in [5.74, 6) is 1.53. The van der Waals surface area contributed by atoms with Gasteiger partial charge in [-0.15, -0.1) is 0 Å². The van der Waals surface area contributed by atoms with Crippen LogP contribution in [-0.2, 0) is 14.3 Å². The van der Waals surface area contributed by atoms with Gasteiger partial charge in [0.15, 0.2) is 6.10 Å². The van der Waals surface area contributed by atoms with Crippen molar-refractivity contribution in [3.8, 4) is 33.6 Å². The number of rotatable bonds is 13. The zero-order valence-electron chi connectivity index (χ0n) is 32.1. The van der Waals surface area contributed by atoms with Gasteiger partial charge in [-0.05, 0) is 79.4 Å². The van der Waals surface area contributed by atoms with Crippen LogP contribution >= 0.6 is 0 Å². The molecule has 1 aliphatic carbocycles. The Hall–Kier alpha value is -5.75. The number of ether oxygens (including phenoxy) is 1. The van der Waals surface area contributed by atoms with E-state index in [9.17, 15) is 14.4 Å². The van der Waals surface area contributed by atoms with Crippen molar-refractivity contribution >= 4 is 17.9 Å². The highest BCUT2D eigenvalue weighted by Gasteiger charge is 2.44. The SMILES string of the molecule is CCN(CC)[C@@H](C(=O)N1CCC[C@H]1c1ncc(-c2ccc(-c3ccc(-c4cnc([C@@H]5CCCN5C(=O)[C@H](OC(N)=O)C5CC5)[nH]4)cc3)cc2)[nH]1)c1ccccc1. The number of likely N-dealkylation sites (tertiary alicyclic amines) is 2. The lowest BCUT2D eigenvalue weighted by Gasteiger charge is -2.34. The Kier molecular flexibility index (Phi) is 10.7. The van der Waals surface area contributed by atoms with Crippen molar-refractivity contribution in [2.24, 2.45) is 11.7 Å². The molecule has 0 radical (unpaired) electrons. The van der Waals surface area contributed by atoms with Gasteiger partial charge < -0.3 is 30.2 Å². The van der Waals surface area contributed by atoms with E-state index in [4.69, 9.17) is 15.5 Å². The number of aromatic amines is 2. The van der Waals surface area contributed by atoms with Crippen molar-refractivity contribution in [3.05, 3.63) is 108 Å². The highest BCUT2D eigenvalue weighted by molar-refractivity contribution is 5.85. The third-order valence-corrected chi connectivity index (χ3v) is 11.7. The van der Waals surface area contributed by atoms with Crippen molar-refractivity contribution in [1.29, 1.82) is 0 Å². The normalized spacial score (nSPS) is 19.3. The second-order valence-electron chi connectivity index (χ2n) is 15.1. The number of hydrogen-bond donors (Lipinski definition) is 3. The second-order valence-corrected chi connectivity index (χ2v) is 15.1. The average molecular weight is 755 g/mol. The molecule has 3 amide bonds. The van der Waals surface area contributed by atoms with Gasteiger partial charge in [-0.3, -0.25) is 14.5 Å². The van der Waals surface area contributed by atoms with Crippen LogP contribution in [0.1, 0.15) is 87.7 Å². The monoisotopic (exact) mass is 754 g/mol. The number of primary amides is 1. The third kappa shape index (κ3) is 7.58. The summed E-state index contributed by atoms with van der Waals surface area (Å²) in [6.07, 6.45) is 7.11. The van der Waals surface area contributed by atoms with Gasteiger partial charge in [-0.1, -0.05) is 92.7 Å². The number of imidazole rings is 2. The molecule has 12 heteroatoms. The summed E-state index contributed by atoms with van der Waals surface area (Å²) in [5, 5.41) is 0. The molecular weight excluding hydrogens is 705 g/mol. The number of amides is 3. The topological polar surface area (TPSA) is 154 Å². The largest absolute Gasteiger partial charge is 0.436 e. The Bertz CT molecular complexity index is 2140. The maximum absolute atomic E-state index is 14.2. The predicted molar refractivity (Wildman–Crippen MR) is 214 cm³/mol. The van der Waals surface area contributed by atoms with E-state index in [2.05, 4.69) is 94.4 Å². The average Bonchev–Trinajstić information content (AvgIpc) is 3.70. The van der Waals surface area contributed by atoms with Crippen LogP contribution in [0.5, 0.6) is 0 Å². The summed E-state index contributed by atoms with van der Waals surface area (Å²) in [4.78, 5) is 61.6. The number of nitrogens with one attached hydrogen (secondary N) is 2. The highest BCUT2D eigenvalue weighted by atomic mass is 16.6. The van der Waals surface area contributed by atoms with Crippen LogP contribution < -0.4 is 5.73 Å². The first-order valence-corrected chi connectivity index (χ1v) is 20.0. The van der Waals surface area contributed by atoms with Crippen LogP contribution in [0.4, 0.5) is 4.79 Å². The zero-order chi connectivity index (χ0) is 38.8. The lowest BCUT2D eigenvalue weighted by Crippen LogP contribution is -2.43. The summed E-state index contributed by atoms with van der Waals surface area (Å²) in [5.41, 5.74) is 12.3. The van der Waals surface area contributed by atoms with Crippen LogP contribution in [0.3, 0.4) is 0 Å². The molecule has 12 nitrogen and oxygen atoms in total. The molecule has 56 heavy (non-hydrogen) atoms. The fourth-order valence-electron chi connectivity index (χ4n) is 8.55. The highest BCUT2D eigenvalue weighted by Crippen LogP contribution is 2.39. The van der Waals surface area contributed by atoms with Gasteiger partial charge >= 0.3 is 6.09 Å². The van der Waals surface area contributed by atoms with Crippen LogP contribution in [-0.4, -0.2) is 84.8 Å². The van der Waals surface area contributed by atoms with E-state index in [0.29, 0.717) is 6.54 Å². The molecule has 5 aromatic rings. The fourth-order valence-corrected chi connectivity index (χ4v) is 8.55. The van der Waals surface area contributed by atoms with Gasteiger partial charge in [0.2, 0.25) is 5.91 Å². The Labute approximate surface area is 327 Å². The van der Waals surface area contributed by atoms with Crippen LogP contribution in [0.2, 0.25) is 0 Å². The van der Waals surface area contributed by atoms with Gasteiger partial charge in [0, 0.05) is 19.0 Å². The van der Waals surface area contributed by atoms with Crippen molar-refractivity contribution in [1.82, 2.24) is 34.6 Å². The Morgan fingerprint density at radius 1 is 0.714 bits per heavy atom. The van der Waals surface area contributed by atoms with Gasteiger partial charge in [-0.25, -0.2) is 14.8 Å². The zero-order valence-corrected chi connectivity index (χ0v) is 32.1. The van der Waals surface area contributed by atoms with Crippen molar-refractivity contribution in [2.45, 2.75) is 76.6 Å². The predicted octanol–water partition coefficient (Wildman–Crippen LogP) is 7.42. The van der Waals surface area contributed by atoms with Gasteiger partial charge in [0.05, 0.1) is 35.9 Å². The molecule has 4 N–H and O–H groups in total. The molecule has 8 rings (SSSR count). The molecule has 2 aliphatic heterocycles. The second kappa shape index (κ2) is 16.2. The Balaban J connectivity index is 0.928. The molecule has 2 aromatic heterocycles. The lowest BCUT2D eigenvalue weighted by molar-refractivity contribution is -0.142. The van der Waals surface area contributed by atoms with E-state index >= 15 is 0 Å². The molecule has 3 aliphatic rings. The van der Waals surface area contributed by atoms with Gasteiger partial charge in [0.25, 0.3) is 5.91 Å². The first-order chi connectivity index (χ1) is 27.3. The first kappa shape index (κ1) is 37.2. The van der Waals surface area contributed by atoms with E-state index in [1.165, 1.54) is 0 Å². The number of H-pyrrole nitrogens is 2. The van der Waals surface area contributed by atoms with Crippen molar-refractivity contribution in [3.63, 3.8) is 0 Å². The quantitative estimate of drug-likeness (QED) is 0.113. The summed E-state index contributed by atoms with van der Waals surface area (Å²) < 4.78 is 5.24. The molecule has 2 saturated heterocycles. The summed E-state index contributed by atoms with van der Waals surface area (Å²) >= 11 is 0. The first-order valence-electron chi connectivity index (χ1n) is 20.0. The number of hydrogen-bond acceptors (Lipinski definition) is 7. The van der Waals surface area contributed by atoms with Gasteiger partial charge in [-0.2, -0.15) is 0 Å². The van der Waals surface area contributed by atoms with Crippen molar-refractivity contribution in [2.75, 3.05) is 26.2 Å².